The number of aliphatic hydroxyl groups excluding tert-OH is 1. The quantitative estimate of drug-likeness (QED) is 0.926. The second kappa shape index (κ2) is 5.78. The molecule has 3 nitrogen and oxygen atoms in total. The summed E-state index contributed by atoms with van der Waals surface area (Å²) >= 11 is 6.07. The Hall–Kier alpha value is -0.640. The van der Waals surface area contributed by atoms with Crippen molar-refractivity contribution >= 4 is 11.6 Å². The van der Waals surface area contributed by atoms with E-state index in [-0.39, 0.29) is 11.5 Å². The summed E-state index contributed by atoms with van der Waals surface area (Å²) < 4.78 is 0. The van der Waals surface area contributed by atoms with Crippen LogP contribution in [0.1, 0.15) is 38.4 Å². The van der Waals surface area contributed by atoms with Crippen LogP contribution in [-0.2, 0) is 11.8 Å². The summed E-state index contributed by atoms with van der Waals surface area (Å²) in [5, 5.41) is 10.2. The van der Waals surface area contributed by atoms with Crippen molar-refractivity contribution in [2.24, 2.45) is 0 Å². The van der Waals surface area contributed by atoms with Crippen molar-refractivity contribution in [1.29, 1.82) is 0 Å². The minimum Gasteiger partial charge on any atom is -0.392 e. The van der Waals surface area contributed by atoms with Crippen LogP contribution in [0, 0.1) is 0 Å². The number of likely N-dealkylation sites (tertiary alicyclic amines) is 1. The van der Waals surface area contributed by atoms with Crippen LogP contribution < -0.4 is 0 Å². The number of β-amino-alcohol motifs (C(OH)–C–C–N with tert-alkyl or cyclic N) is 1. The molecule has 4 heteroatoms. The fraction of sp³-hybridized carbons (Fsp3) is 0.667. The van der Waals surface area contributed by atoms with E-state index in [0.29, 0.717) is 5.02 Å². The van der Waals surface area contributed by atoms with Crippen molar-refractivity contribution in [2.75, 3.05) is 19.6 Å². The molecule has 0 spiro atoms. The maximum absolute atomic E-state index is 9.55. The number of halogens is 1. The Morgan fingerprint density at radius 2 is 2.21 bits per heavy atom. The molecule has 1 fully saturated rings. The molecule has 1 aliphatic rings. The summed E-state index contributed by atoms with van der Waals surface area (Å²) in [5.41, 5.74) is 2.38. The van der Waals surface area contributed by atoms with Crippen LogP contribution in [0.25, 0.3) is 0 Å². The predicted molar refractivity (Wildman–Crippen MR) is 78.7 cm³/mol. The van der Waals surface area contributed by atoms with Gasteiger partial charge in [0.15, 0.2) is 0 Å². The lowest BCUT2D eigenvalue weighted by Gasteiger charge is -2.23. The highest BCUT2D eigenvalue weighted by Crippen LogP contribution is 2.26. The van der Waals surface area contributed by atoms with Gasteiger partial charge in [0.25, 0.3) is 0 Å². The molecule has 1 aromatic heterocycles. The first kappa shape index (κ1) is 14.8. The number of aliphatic hydroxyl groups is 1. The van der Waals surface area contributed by atoms with Gasteiger partial charge in [-0.05, 0) is 24.5 Å². The molecule has 0 bridgehead atoms. The van der Waals surface area contributed by atoms with Gasteiger partial charge < -0.3 is 10.0 Å². The predicted octanol–water partition coefficient (Wildman–Crippen LogP) is 2.64. The standard InChI is InChI=1S/C15H23ClN2O/c1-15(2,3)14-11(8-12(16)9-17-14)4-6-18-7-5-13(19)10-18/h8-9,13,19H,4-7,10H2,1-3H3/t13-/m0/s1. The summed E-state index contributed by atoms with van der Waals surface area (Å²) in [5.74, 6) is 0. The number of rotatable bonds is 3. The molecular formula is C15H23ClN2O. The Kier molecular flexibility index (Phi) is 4.49. The topological polar surface area (TPSA) is 36.4 Å². The molecule has 19 heavy (non-hydrogen) atoms. The van der Waals surface area contributed by atoms with Crippen LogP contribution >= 0.6 is 11.6 Å². The molecule has 0 amide bonds. The second-order valence-corrected chi connectivity index (χ2v) is 6.84. The van der Waals surface area contributed by atoms with Gasteiger partial charge in [-0.15, -0.1) is 0 Å². The van der Waals surface area contributed by atoms with Crippen LogP contribution in [0.3, 0.4) is 0 Å². The van der Waals surface area contributed by atoms with E-state index in [1.54, 1.807) is 6.20 Å². The summed E-state index contributed by atoms with van der Waals surface area (Å²) in [6, 6.07) is 2.03. The van der Waals surface area contributed by atoms with Crippen LogP contribution in [0.4, 0.5) is 0 Å². The van der Waals surface area contributed by atoms with E-state index in [0.717, 1.165) is 38.2 Å². The molecule has 0 unspecified atom stereocenters. The van der Waals surface area contributed by atoms with E-state index in [1.165, 1.54) is 5.56 Å². The molecule has 0 aliphatic carbocycles. The van der Waals surface area contributed by atoms with Crippen molar-refractivity contribution in [3.05, 3.63) is 28.5 Å². The Bertz CT molecular complexity index is 442. The largest absolute Gasteiger partial charge is 0.392 e. The van der Waals surface area contributed by atoms with E-state index in [2.05, 4.69) is 30.7 Å². The molecule has 0 aromatic carbocycles. The lowest BCUT2D eigenvalue weighted by molar-refractivity contribution is 0.177. The highest BCUT2D eigenvalue weighted by atomic mass is 35.5. The fourth-order valence-corrected chi connectivity index (χ4v) is 2.82. The molecule has 106 valence electrons. The molecule has 1 saturated heterocycles. The van der Waals surface area contributed by atoms with Gasteiger partial charge in [0.05, 0.1) is 11.1 Å². The number of nitrogens with zero attached hydrogens (tertiary/aromatic N) is 2. The van der Waals surface area contributed by atoms with Gasteiger partial charge in [-0.3, -0.25) is 4.98 Å². The van der Waals surface area contributed by atoms with Gasteiger partial charge >= 0.3 is 0 Å². The van der Waals surface area contributed by atoms with Crippen molar-refractivity contribution in [3.63, 3.8) is 0 Å². The van der Waals surface area contributed by atoms with E-state index < -0.39 is 0 Å². The third kappa shape index (κ3) is 3.91. The third-order valence-corrected chi connectivity index (χ3v) is 3.80. The van der Waals surface area contributed by atoms with Crippen molar-refractivity contribution in [2.45, 2.75) is 45.1 Å². The molecule has 0 saturated carbocycles. The maximum atomic E-state index is 9.55. The van der Waals surface area contributed by atoms with Gasteiger partial charge in [-0.2, -0.15) is 0 Å². The van der Waals surface area contributed by atoms with Gasteiger partial charge in [0.1, 0.15) is 0 Å². The summed E-state index contributed by atoms with van der Waals surface area (Å²) in [7, 11) is 0. The van der Waals surface area contributed by atoms with Crippen molar-refractivity contribution < 1.29 is 5.11 Å². The molecule has 1 aromatic rings. The highest BCUT2D eigenvalue weighted by Gasteiger charge is 2.22. The minimum atomic E-state index is -0.153. The third-order valence-electron chi connectivity index (χ3n) is 3.59. The van der Waals surface area contributed by atoms with E-state index >= 15 is 0 Å². The molecular weight excluding hydrogens is 260 g/mol. The van der Waals surface area contributed by atoms with Crippen molar-refractivity contribution in [3.8, 4) is 0 Å². The Morgan fingerprint density at radius 3 is 2.79 bits per heavy atom. The smallest absolute Gasteiger partial charge is 0.0679 e. The highest BCUT2D eigenvalue weighted by molar-refractivity contribution is 6.30. The average Bonchev–Trinajstić information content (AvgIpc) is 2.71. The Balaban J connectivity index is 2.08. The zero-order valence-corrected chi connectivity index (χ0v) is 12.7. The van der Waals surface area contributed by atoms with Gasteiger partial charge in [-0.25, -0.2) is 0 Å². The molecule has 2 rings (SSSR count). The second-order valence-electron chi connectivity index (χ2n) is 6.40. The lowest BCUT2D eigenvalue weighted by atomic mass is 9.87. The minimum absolute atomic E-state index is 0.0322. The normalized spacial score (nSPS) is 21.0. The van der Waals surface area contributed by atoms with Gasteiger partial charge in [0.2, 0.25) is 0 Å². The first-order valence-electron chi connectivity index (χ1n) is 6.91. The number of aromatic nitrogens is 1. The molecule has 1 aliphatic heterocycles. The number of hydrogen-bond donors (Lipinski definition) is 1. The van der Waals surface area contributed by atoms with E-state index in [4.69, 9.17) is 11.6 Å². The number of pyridine rings is 1. The zero-order valence-electron chi connectivity index (χ0n) is 12.0. The van der Waals surface area contributed by atoms with Gasteiger partial charge in [-0.1, -0.05) is 32.4 Å². The Labute approximate surface area is 120 Å². The van der Waals surface area contributed by atoms with Crippen LogP contribution in [-0.4, -0.2) is 40.7 Å². The average molecular weight is 283 g/mol. The summed E-state index contributed by atoms with van der Waals surface area (Å²) in [6.07, 6.45) is 3.40. The zero-order chi connectivity index (χ0) is 14.0. The van der Waals surface area contributed by atoms with Crippen molar-refractivity contribution in [1.82, 2.24) is 9.88 Å². The van der Waals surface area contributed by atoms with Crippen LogP contribution in [0.5, 0.6) is 0 Å². The van der Waals surface area contributed by atoms with Crippen LogP contribution in [0.2, 0.25) is 5.02 Å². The SMILES string of the molecule is CC(C)(C)c1ncc(Cl)cc1CCN1CC[C@H](O)C1. The monoisotopic (exact) mass is 282 g/mol. The first-order valence-corrected chi connectivity index (χ1v) is 7.29. The molecule has 1 atom stereocenters. The first-order chi connectivity index (χ1) is 8.86. The van der Waals surface area contributed by atoms with E-state index in [9.17, 15) is 5.11 Å². The summed E-state index contributed by atoms with van der Waals surface area (Å²) in [6.45, 7) is 9.26. The van der Waals surface area contributed by atoms with E-state index in [1.807, 2.05) is 6.07 Å². The Morgan fingerprint density at radius 1 is 1.47 bits per heavy atom. The lowest BCUT2D eigenvalue weighted by Crippen LogP contribution is -2.26. The molecule has 1 N–H and O–H groups in total. The maximum Gasteiger partial charge on any atom is 0.0679 e. The van der Waals surface area contributed by atoms with Gasteiger partial charge in [0, 0.05) is 36.9 Å². The number of hydrogen-bond acceptors (Lipinski definition) is 3. The summed E-state index contributed by atoms with van der Waals surface area (Å²) in [4.78, 5) is 6.81. The molecule has 2 heterocycles. The van der Waals surface area contributed by atoms with Crippen LogP contribution in [0.15, 0.2) is 12.3 Å². The molecule has 0 radical (unpaired) electrons. The fourth-order valence-electron chi connectivity index (χ4n) is 2.64.